The van der Waals surface area contributed by atoms with Crippen molar-refractivity contribution in [1.29, 1.82) is 0 Å². The van der Waals surface area contributed by atoms with E-state index < -0.39 is 0 Å². The number of aromatic nitrogens is 1. The SMILES string of the molecule is Fc1c(-c2c[c]ccn2)ccc2ccccc12. The highest BCUT2D eigenvalue weighted by molar-refractivity contribution is 5.87. The molecular formula is C15H9FN. The zero-order valence-corrected chi connectivity index (χ0v) is 9.02. The number of rotatable bonds is 1. The molecule has 2 aromatic carbocycles. The Bertz CT molecular complexity index is 662. The summed E-state index contributed by atoms with van der Waals surface area (Å²) >= 11 is 0. The molecule has 81 valence electrons. The highest BCUT2D eigenvalue weighted by Crippen LogP contribution is 2.27. The minimum absolute atomic E-state index is 0.227. The molecule has 1 nitrogen and oxygen atoms in total. The highest BCUT2D eigenvalue weighted by atomic mass is 19.1. The lowest BCUT2D eigenvalue weighted by Crippen LogP contribution is -1.88. The molecule has 3 rings (SSSR count). The molecule has 1 heterocycles. The molecule has 17 heavy (non-hydrogen) atoms. The summed E-state index contributed by atoms with van der Waals surface area (Å²) in [5, 5.41) is 1.52. The molecule has 0 spiro atoms. The summed E-state index contributed by atoms with van der Waals surface area (Å²) in [5.74, 6) is -0.227. The van der Waals surface area contributed by atoms with Gasteiger partial charge in [-0.3, -0.25) is 4.98 Å². The van der Waals surface area contributed by atoms with E-state index in [2.05, 4.69) is 11.1 Å². The molecule has 0 unspecified atom stereocenters. The van der Waals surface area contributed by atoms with Gasteiger partial charge in [-0.15, -0.1) is 0 Å². The summed E-state index contributed by atoms with van der Waals surface area (Å²) in [5.41, 5.74) is 1.12. The molecule has 1 radical (unpaired) electrons. The normalized spacial score (nSPS) is 10.6. The van der Waals surface area contributed by atoms with Gasteiger partial charge >= 0.3 is 0 Å². The third-order valence-electron chi connectivity index (χ3n) is 2.74. The molecule has 2 heteroatoms. The van der Waals surface area contributed by atoms with Crippen molar-refractivity contribution in [3.8, 4) is 11.3 Å². The maximum absolute atomic E-state index is 14.3. The quantitative estimate of drug-likeness (QED) is 0.609. The summed E-state index contributed by atoms with van der Waals surface area (Å²) in [6.45, 7) is 0. The fourth-order valence-electron chi connectivity index (χ4n) is 1.90. The Morgan fingerprint density at radius 3 is 2.76 bits per heavy atom. The number of pyridine rings is 1. The molecule has 0 aliphatic heterocycles. The van der Waals surface area contributed by atoms with Crippen LogP contribution in [0.1, 0.15) is 0 Å². The van der Waals surface area contributed by atoms with Gasteiger partial charge in [-0.1, -0.05) is 30.3 Å². The van der Waals surface area contributed by atoms with Gasteiger partial charge in [-0.05, 0) is 29.7 Å². The molecule has 0 aliphatic rings. The third kappa shape index (κ3) is 1.68. The first-order valence-corrected chi connectivity index (χ1v) is 5.36. The van der Waals surface area contributed by atoms with E-state index in [-0.39, 0.29) is 5.82 Å². The zero-order chi connectivity index (χ0) is 11.7. The van der Waals surface area contributed by atoms with Crippen molar-refractivity contribution >= 4 is 10.8 Å². The van der Waals surface area contributed by atoms with E-state index in [0.29, 0.717) is 16.6 Å². The second kappa shape index (κ2) is 3.98. The zero-order valence-electron chi connectivity index (χ0n) is 9.02. The van der Waals surface area contributed by atoms with Crippen LogP contribution in [0, 0.1) is 11.9 Å². The lowest BCUT2D eigenvalue weighted by atomic mass is 10.0. The topological polar surface area (TPSA) is 12.9 Å². The fraction of sp³-hybridized carbons (Fsp3) is 0. The molecule has 0 aliphatic carbocycles. The van der Waals surface area contributed by atoms with Crippen LogP contribution in [-0.4, -0.2) is 4.98 Å². The molecular weight excluding hydrogens is 213 g/mol. The van der Waals surface area contributed by atoms with Gasteiger partial charge in [-0.25, -0.2) is 4.39 Å². The summed E-state index contributed by atoms with van der Waals surface area (Å²) in [6.07, 6.45) is 1.62. The van der Waals surface area contributed by atoms with E-state index in [0.717, 1.165) is 5.39 Å². The number of nitrogens with zero attached hydrogens (tertiary/aromatic N) is 1. The lowest BCUT2D eigenvalue weighted by molar-refractivity contribution is 0.642. The van der Waals surface area contributed by atoms with E-state index >= 15 is 0 Å². The first-order valence-electron chi connectivity index (χ1n) is 5.36. The Morgan fingerprint density at radius 2 is 1.94 bits per heavy atom. The number of benzene rings is 2. The van der Waals surface area contributed by atoms with Crippen LogP contribution in [0.2, 0.25) is 0 Å². The minimum Gasteiger partial charge on any atom is -0.256 e. The monoisotopic (exact) mass is 222 g/mol. The molecule has 0 fully saturated rings. The molecule has 0 atom stereocenters. The van der Waals surface area contributed by atoms with Crippen LogP contribution in [0.4, 0.5) is 4.39 Å². The van der Waals surface area contributed by atoms with Gasteiger partial charge in [-0.2, -0.15) is 0 Å². The van der Waals surface area contributed by atoms with Gasteiger partial charge in [0.15, 0.2) is 0 Å². The van der Waals surface area contributed by atoms with E-state index in [1.807, 2.05) is 24.3 Å². The summed E-state index contributed by atoms with van der Waals surface area (Å²) < 4.78 is 14.3. The van der Waals surface area contributed by atoms with E-state index in [9.17, 15) is 4.39 Å². The lowest BCUT2D eigenvalue weighted by Gasteiger charge is -2.05. The predicted octanol–water partition coefficient (Wildman–Crippen LogP) is 3.84. The first kappa shape index (κ1) is 9.97. The molecule has 3 aromatic rings. The molecule has 1 aromatic heterocycles. The standard InChI is InChI=1S/C15H9FN/c16-15-12-6-2-1-5-11(12)8-9-13(15)14-7-3-4-10-17-14/h1-2,4-10H. The maximum Gasteiger partial charge on any atom is 0.140 e. The van der Waals surface area contributed by atoms with Gasteiger partial charge in [0.2, 0.25) is 0 Å². The summed E-state index contributed by atoms with van der Waals surface area (Å²) in [6, 6.07) is 17.4. The van der Waals surface area contributed by atoms with Crippen LogP contribution in [0.15, 0.2) is 54.7 Å². The molecule has 0 amide bonds. The summed E-state index contributed by atoms with van der Waals surface area (Å²) in [7, 11) is 0. The van der Waals surface area contributed by atoms with E-state index in [4.69, 9.17) is 0 Å². The van der Waals surface area contributed by atoms with Crippen LogP contribution in [0.3, 0.4) is 0 Å². The highest BCUT2D eigenvalue weighted by Gasteiger charge is 2.09. The number of hydrogen-bond donors (Lipinski definition) is 0. The smallest absolute Gasteiger partial charge is 0.140 e. The van der Waals surface area contributed by atoms with Crippen molar-refractivity contribution in [1.82, 2.24) is 4.98 Å². The van der Waals surface area contributed by atoms with Crippen LogP contribution >= 0.6 is 0 Å². The largest absolute Gasteiger partial charge is 0.256 e. The van der Waals surface area contributed by atoms with Gasteiger partial charge in [0.1, 0.15) is 5.82 Å². The van der Waals surface area contributed by atoms with Crippen molar-refractivity contribution in [2.75, 3.05) is 0 Å². The number of fused-ring (bicyclic) bond motifs is 1. The molecule has 0 bridgehead atoms. The Hall–Kier alpha value is -2.22. The Labute approximate surface area is 98.6 Å². The molecule has 0 N–H and O–H groups in total. The van der Waals surface area contributed by atoms with E-state index in [1.54, 1.807) is 30.5 Å². The second-order valence-electron chi connectivity index (χ2n) is 3.79. The van der Waals surface area contributed by atoms with Crippen molar-refractivity contribution < 1.29 is 4.39 Å². The average molecular weight is 222 g/mol. The number of hydrogen-bond acceptors (Lipinski definition) is 1. The minimum atomic E-state index is -0.227. The first-order chi connectivity index (χ1) is 8.36. The molecule has 0 saturated carbocycles. The van der Waals surface area contributed by atoms with Crippen LogP contribution in [-0.2, 0) is 0 Å². The van der Waals surface area contributed by atoms with Crippen molar-refractivity contribution in [2.45, 2.75) is 0 Å². The number of halogens is 1. The van der Waals surface area contributed by atoms with Crippen molar-refractivity contribution in [3.05, 3.63) is 66.6 Å². The van der Waals surface area contributed by atoms with Crippen LogP contribution in [0.5, 0.6) is 0 Å². The van der Waals surface area contributed by atoms with Gasteiger partial charge in [0.05, 0.1) is 5.69 Å². The van der Waals surface area contributed by atoms with E-state index in [1.165, 1.54) is 0 Å². The van der Waals surface area contributed by atoms with Crippen molar-refractivity contribution in [3.63, 3.8) is 0 Å². The Kier molecular flexibility index (Phi) is 2.33. The Morgan fingerprint density at radius 1 is 1.06 bits per heavy atom. The van der Waals surface area contributed by atoms with Gasteiger partial charge < -0.3 is 0 Å². The summed E-state index contributed by atoms with van der Waals surface area (Å²) in [4.78, 5) is 4.15. The van der Waals surface area contributed by atoms with Crippen molar-refractivity contribution in [2.24, 2.45) is 0 Å². The average Bonchev–Trinajstić information content (AvgIpc) is 2.40. The maximum atomic E-state index is 14.3. The second-order valence-corrected chi connectivity index (χ2v) is 3.79. The van der Waals surface area contributed by atoms with Crippen LogP contribution < -0.4 is 0 Å². The third-order valence-corrected chi connectivity index (χ3v) is 2.74. The molecule has 0 saturated heterocycles. The predicted molar refractivity (Wildman–Crippen MR) is 66.0 cm³/mol. The van der Waals surface area contributed by atoms with Gasteiger partial charge in [0.25, 0.3) is 0 Å². The van der Waals surface area contributed by atoms with Gasteiger partial charge in [0, 0.05) is 17.1 Å². The fourth-order valence-corrected chi connectivity index (χ4v) is 1.90. The van der Waals surface area contributed by atoms with Crippen LogP contribution in [0.25, 0.3) is 22.0 Å². The Balaban J connectivity index is 2.29.